The zero-order valence-corrected chi connectivity index (χ0v) is 24.9. The van der Waals surface area contributed by atoms with Crippen molar-refractivity contribution in [3.8, 4) is 22.4 Å². The van der Waals surface area contributed by atoms with Gasteiger partial charge in [-0.3, -0.25) is 4.90 Å². The lowest BCUT2D eigenvalue weighted by atomic mass is 9.89. The molecule has 0 unspecified atom stereocenters. The molecule has 0 N–H and O–H groups in total. The van der Waals surface area contributed by atoms with Gasteiger partial charge < -0.3 is 8.83 Å². The standard InChI is InChI=1S/C42H23N3O2/c1-2-13-26-24(10-1)22-23-28-27-16-7-11-25-12-8-18-32(36(25)27)45(40(26)28)42-43-38-30-15-4-6-20-34(30)47-41(38)39(44-42)31-17-9-21-35-37(31)29-14-3-5-19-33(29)46-35/h1-23H. The van der Waals surface area contributed by atoms with E-state index in [1.807, 2.05) is 48.5 Å². The molecule has 0 atom stereocenters. The number of aromatic nitrogens is 2. The summed E-state index contributed by atoms with van der Waals surface area (Å²) in [4.78, 5) is 13.1. The van der Waals surface area contributed by atoms with Crippen LogP contribution in [0.3, 0.4) is 0 Å². The number of fused-ring (bicyclic) bond motifs is 10. The highest BCUT2D eigenvalue weighted by atomic mass is 16.3. The van der Waals surface area contributed by atoms with Crippen LogP contribution in [0, 0.1) is 0 Å². The summed E-state index contributed by atoms with van der Waals surface area (Å²) in [5.41, 5.74) is 9.99. The Hall–Kier alpha value is -6.46. The van der Waals surface area contributed by atoms with Gasteiger partial charge >= 0.3 is 0 Å². The number of nitrogens with zero attached hydrogens (tertiary/aromatic N) is 3. The van der Waals surface area contributed by atoms with Crippen LogP contribution in [0.2, 0.25) is 0 Å². The van der Waals surface area contributed by atoms with Crippen LogP contribution in [0.5, 0.6) is 0 Å². The molecule has 0 saturated carbocycles. The fourth-order valence-electron chi connectivity index (χ4n) is 7.61. The van der Waals surface area contributed by atoms with E-state index in [-0.39, 0.29) is 0 Å². The molecule has 5 nitrogen and oxygen atoms in total. The second-order valence-corrected chi connectivity index (χ2v) is 12.1. The Kier molecular flexibility index (Phi) is 4.78. The molecule has 0 saturated heterocycles. The zero-order chi connectivity index (χ0) is 30.6. The molecule has 10 aromatic rings. The zero-order valence-electron chi connectivity index (χ0n) is 24.9. The average Bonchev–Trinajstić information content (AvgIpc) is 3.70. The van der Waals surface area contributed by atoms with Crippen LogP contribution in [-0.4, -0.2) is 9.97 Å². The van der Waals surface area contributed by atoms with Crippen LogP contribution < -0.4 is 4.90 Å². The van der Waals surface area contributed by atoms with Crippen LogP contribution in [0.15, 0.2) is 148 Å². The fraction of sp³-hybridized carbons (Fsp3) is 0. The topological polar surface area (TPSA) is 55.3 Å². The van der Waals surface area contributed by atoms with Crippen molar-refractivity contribution < 1.29 is 8.83 Å². The Morgan fingerprint density at radius 3 is 2.02 bits per heavy atom. The highest BCUT2D eigenvalue weighted by Gasteiger charge is 2.31. The van der Waals surface area contributed by atoms with Crippen LogP contribution in [-0.2, 0) is 0 Å². The quantitative estimate of drug-likeness (QED) is 0.197. The molecule has 218 valence electrons. The van der Waals surface area contributed by atoms with Gasteiger partial charge in [0.2, 0.25) is 5.95 Å². The summed E-state index contributed by atoms with van der Waals surface area (Å²) in [5.74, 6) is 0.587. The van der Waals surface area contributed by atoms with Crippen molar-refractivity contribution in [3.63, 3.8) is 0 Å². The van der Waals surface area contributed by atoms with Crippen LogP contribution >= 0.6 is 0 Å². The number of para-hydroxylation sites is 2. The SMILES string of the molecule is c1ccc2c3c(ccc2c1)-c1cccc2cccc(c12)N3c1nc(-c2cccc3oc4ccccc4c23)c2oc3ccccc3c2n1. The number of hydrogen-bond donors (Lipinski definition) is 0. The van der Waals surface area contributed by atoms with E-state index in [0.717, 1.165) is 77.4 Å². The number of hydrogen-bond acceptors (Lipinski definition) is 5. The van der Waals surface area contributed by atoms with Crippen molar-refractivity contribution in [2.45, 2.75) is 0 Å². The van der Waals surface area contributed by atoms with E-state index in [1.165, 1.54) is 16.3 Å². The maximum Gasteiger partial charge on any atom is 0.236 e. The smallest absolute Gasteiger partial charge is 0.236 e. The number of benzene rings is 7. The highest BCUT2D eigenvalue weighted by Crippen LogP contribution is 2.53. The van der Waals surface area contributed by atoms with Crippen LogP contribution in [0.1, 0.15) is 0 Å². The summed E-state index contributed by atoms with van der Waals surface area (Å²) >= 11 is 0. The fourth-order valence-corrected chi connectivity index (χ4v) is 7.61. The van der Waals surface area contributed by atoms with E-state index in [2.05, 4.69) is 95.9 Å². The first kappa shape index (κ1) is 24.8. The first-order valence-electron chi connectivity index (χ1n) is 15.8. The Morgan fingerprint density at radius 2 is 1.13 bits per heavy atom. The third kappa shape index (κ3) is 3.32. The molecular weight excluding hydrogens is 578 g/mol. The lowest BCUT2D eigenvalue weighted by Crippen LogP contribution is -2.18. The number of anilines is 3. The molecule has 0 spiro atoms. The van der Waals surface area contributed by atoms with Crippen LogP contribution in [0.4, 0.5) is 17.3 Å². The molecule has 5 heteroatoms. The summed E-state index contributed by atoms with van der Waals surface area (Å²) in [6, 6.07) is 48.4. The molecule has 0 amide bonds. The van der Waals surface area contributed by atoms with Gasteiger partial charge in [-0.25, -0.2) is 9.97 Å². The molecule has 7 aromatic carbocycles. The van der Waals surface area contributed by atoms with Crippen LogP contribution in [0.25, 0.3) is 87.9 Å². The summed E-state index contributed by atoms with van der Waals surface area (Å²) < 4.78 is 12.9. The normalized spacial score (nSPS) is 12.6. The second-order valence-electron chi connectivity index (χ2n) is 12.1. The third-order valence-corrected chi connectivity index (χ3v) is 9.60. The molecule has 0 fully saturated rings. The number of rotatable bonds is 2. The summed E-state index contributed by atoms with van der Waals surface area (Å²) in [6.45, 7) is 0. The Labute approximate surface area is 267 Å². The first-order chi connectivity index (χ1) is 23.3. The molecule has 1 aliphatic rings. The summed E-state index contributed by atoms with van der Waals surface area (Å²) in [6.07, 6.45) is 0. The lowest BCUT2D eigenvalue weighted by Gasteiger charge is -2.33. The largest absolute Gasteiger partial charge is 0.456 e. The Balaban J connectivity index is 1.31. The molecule has 0 aliphatic carbocycles. The van der Waals surface area contributed by atoms with E-state index in [4.69, 9.17) is 18.8 Å². The first-order valence-corrected chi connectivity index (χ1v) is 15.8. The van der Waals surface area contributed by atoms with Crippen molar-refractivity contribution in [2.75, 3.05) is 4.90 Å². The lowest BCUT2D eigenvalue weighted by molar-refractivity contribution is 0.667. The molecule has 0 radical (unpaired) electrons. The second kappa shape index (κ2) is 9.05. The predicted molar refractivity (Wildman–Crippen MR) is 191 cm³/mol. The average molecular weight is 602 g/mol. The van der Waals surface area contributed by atoms with E-state index < -0.39 is 0 Å². The van der Waals surface area contributed by atoms with E-state index in [9.17, 15) is 0 Å². The summed E-state index contributed by atoms with van der Waals surface area (Å²) in [5, 5.41) is 7.65. The molecular formula is C42H23N3O2. The van der Waals surface area contributed by atoms with Crippen molar-refractivity contribution >= 4 is 82.9 Å². The number of furan rings is 2. The maximum atomic E-state index is 6.60. The van der Waals surface area contributed by atoms with Gasteiger partial charge in [-0.1, -0.05) is 109 Å². The minimum Gasteiger partial charge on any atom is -0.456 e. The molecule has 4 heterocycles. The molecule has 11 rings (SSSR count). The van der Waals surface area contributed by atoms with Gasteiger partial charge in [0.15, 0.2) is 5.58 Å². The van der Waals surface area contributed by atoms with Crippen molar-refractivity contribution in [1.82, 2.24) is 9.97 Å². The van der Waals surface area contributed by atoms with Gasteiger partial charge in [0.25, 0.3) is 0 Å². The van der Waals surface area contributed by atoms with E-state index in [0.29, 0.717) is 11.5 Å². The Morgan fingerprint density at radius 1 is 0.447 bits per heavy atom. The van der Waals surface area contributed by atoms with Gasteiger partial charge in [-0.2, -0.15) is 0 Å². The van der Waals surface area contributed by atoms with Crippen molar-refractivity contribution in [2.24, 2.45) is 0 Å². The molecule has 47 heavy (non-hydrogen) atoms. The molecule has 1 aliphatic heterocycles. The van der Waals surface area contributed by atoms with Gasteiger partial charge in [-0.05, 0) is 46.7 Å². The van der Waals surface area contributed by atoms with E-state index in [1.54, 1.807) is 0 Å². The predicted octanol–water partition coefficient (Wildman–Crippen LogP) is 11.7. The van der Waals surface area contributed by atoms with Gasteiger partial charge in [0, 0.05) is 38.1 Å². The van der Waals surface area contributed by atoms with Crippen molar-refractivity contribution in [1.29, 1.82) is 0 Å². The van der Waals surface area contributed by atoms with Gasteiger partial charge in [0.1, 0.15) is 28.0 Å². The minimum absolute atomic E-state index is 0.587. The minimum atomic E-state index is 0.587. The van der Waals surface area contributed by atoms with Crippen molar-refractivity contribution in [3.05, 3.63) is 140 Å². The maximum absolute atomic E-state index is 6.60. The monoisotopic (exact) mass is 601 g/mol. The van der Waals surface area contributed by atoms with Gasteiger partial charge in [-0.15, -0.1) is 0 Å². The highest BCUT2D eigenvalue weighted by molar-refractivity contribution is 6.20. The Bertz CT molecular complexity index is 2930. The summed E-state index contributed by atoms with van der Waals surface area (Å²) in [7, 11) is 0. The third-order valence-electron chi connectivity index (χ3n) is 9.60. The van der Waals surface area contributed by atoms with Gasteiger partial charge in [0.05, 0.1) is 11.4 Å². The molecule has 3 aromatic heterocycles. The molecule has 0 bridgehead atoms. The van der Waals surface area contributed by atoms with E-state index >= 15 is 0 Å².